The van der Waals surface area contributed by atoms with E-state index in [9.17, 15) is 19.3 Å². The molecular formula is C12H13FN2O3. The van der Waals surface area contributed by atoms with Gasteiger partial charge < -0.3 is 4.90 Å². The van der Waals surface area contributed by atoms with Crippen LogP contribution in [-0.4, -0.2) is 29.3 Å². The summed E-state index contributed by atoms with van der Waals surface area (Å²) < 4.78 is 13.4. The first-order valence-corrected chi connectivity index (χ1v) is 5.16. The number of halogens is 1. The first kappa shape index (κ1) is 13.8. The molecule has 0 aliphatic rings. The van der Waals surface area contributed by atoms with Gasteiger partial charge in [-0.1, -0.05) is 12.2 Å². The van der Waals surface area contributed by atoms with Gasteiger partial charge in [-0.3, -0.25) is 14.9 Å². The second-order valence-electron chi connectivity index (χ2n) is 4.04. The van der Waals surface area contributed by atoms with Crippen LogP contribution in [0.15, 0.2) is 30.4 Å². The molecule has 1 aromatic carbocycles. The van der Waals surface area contributed by atoms with Gasteiger partial charge >= 0.3 is 5.69 Å². The number of carbonyl (C=O) groups is 1. The Morgan fingerprint density at radius 2 is 2.17 bits per heavy atom. The Morgan fingerprint density at radius 3 is 2.61 bits per heavy atom. The Labute approximate surface area is 104 Å². The van der Waals surface area contributed by atoms with Crippen LogP contribution in [0.4, 0.5) is 10.1 Å². The second-order valence-corrected chi connectivity index (χ2v) is 4.04. The maximum absolute atomic E-state index is 13.4. The fourth-order valence-corrected chi connectivity index (χ4v) is 1.49. The predicted octanol–water partition coefficient (Wildman–Crippen LogP) is 2.38. The van der Waals surface area contributed by atoms with Gasteiger partial charge in [-0.15, -0.1) is 0 Å². The summed E-state index contributed by atoms with van der Waals surface area (Å²) in [6, 6.07) is 3.09. The molecule has 0 saturated heterocycles. The number of amides is 1. The fraction of sp³-hybridized carbons (Fsp3) is 0.250. The Hall–Kier alpha value is -2.24. The molecule has 1 rings (SSSR count). The van der Waals surface area contributed by atoms with Crippen molar-refractivity contribution in [3.8, 4) is 0 Å². The molecule has 0 heterocycles. The lowest BCUT2D eigenvalue weighted by Crippen LogP contribution is -2.28. The van der Waals surface area contributed by atoms with Gasteiger partial charge in [0.1, 0.15) is 0 Å². The van der Waals surface area contributed by atoms with Gasteiger partial charge in [0.2, 0.25) is 5.82 Å². The molecule has 0 aromatic heterocycles. The Kier molecular flexibility index (Phi) is 4.14. The van der Waals surface area contributed by atoms with Crippen molar-refractivity contribution in [2.45, 2.75) is 6.92 Å². The van der Waals surface area contributed by atoms with Crippen molar-refractivity contribution in [3.05, 3.63) is 51.8 Å². The maximum atomic E-state index is 13.4. The minimum absolute atomic E-state index is 0.0712. The lowest BCUT2D eigenvalue weighted by atomic mass is 10.1. The smallest absolute Gasteiger partial charge is 0.304 e. The summed E-state index contributed by atoms with van der Waals surface area (Å²) >= 11 is 0. The number of benzene rings is 1. The van der Waals surface area contributed by atoms with Gasteiger partial charge in [0.05, 0.1) is 4.92 Å². The van der Waals surface area contributed by atoms with E-state index >= 15 is 0 Å². The highest BCUT2D eigenvalue weighted by Crippen LogP contribution is 2.18. The Morgan fingerprint density at radius 1 is 1.56 bits per heavy atom. The minimum atomic E-state index is -1.02. The molecule has 1 aromatic rings. The molecule has 0 radical (unpaired) electrons. The molecule has 0 spiro atoms. The quantitative estimate of drug-likeness (QED) is 0.469. The first-order chi connectivity index (χ1) is 8.32. The van der Waals surface area contributed by atoms with Gasteiger partial charge in [-0.05, 0) is 19.1 Å². The number of likely N-dealkylation sites (N-methyl/N-ethyl adjacent to an activating group) is 1. The van der Waals surface area contributed by atoms with Crippen LogP contribution in [0.2, 0.25) is 0 Å². The molecule has 1 amide bonds. The van der Waals surface area contributed by atoms with Gasteiger partial charge in [0.15, 0.2) is 0 Å². The van der Waals surface area contributed by atoms with Crippen LogP contribution < -0.4 is 0 Å². The number of hydrogen-bond acceptors (Lipinski definition) is 3. The number of nitrogens with zero attached hydrogens (tertiary/aromatic N) is 2. The number of nitro groups is 1. The average Bonchev–Trinajstić information content (AvgIpc) is 2.26. The van der Waals surface area contributed by atoms with Gasteiger partial charge in [0.25, 0.3) is 5.91 Å². The summed E-state index contributed by atoms with van der Waals surface area (Å²) in [5.41, 5.74) is 0.212. The van der Waals surface area contributed by atoms with Gasteiger partial charge in [0, 0.05) is 25.2 Å². The zero-order chi connectivity index (χ0) is 13.9. The fourth-order valence-electron chi connectivity index (χ4n) is 1.49. The number of rotatable bonds is 4. The van der Waals surface area contributed by atoms with E-state index in [0.29, 0.717) is 6.54 Å². The van der Waals surface area contributed by atoms with E-state index < -0.39 is 22.3 Å². The SMILES string of the molecule is C=C(C)CN(C)C(=O)c1ccc([N+](=O)[O-])c(F)c1. The molecule has 0 atom stereocenters. The molecule has 0 unspecified atom stereocenters. The molecule has 0 bridgehead atoms. The normalized spacial score (nSPS) is 9.94. The Balaban J connectivity index is 2.98. The molecule has 5 nitrogen and oxygen atoms in total. The van der Waals surface area contributed by atoms with Crippen LogP contribution in [0.3, 0.4) is 0 Å². The van der Waals surface area contributed by atoms with Crippen LogP contribution in [-0.2, 0) is 0 Å². The van der Waals surface area contributed by atoms with E-state index in [1.54, 1.807) is 14.0 Å². The highest BCUT2D eigenvalue weighted by molar-refractivity contribution is 5.94. The largest absolute Gasteiger partial charge is 0.338 e. The van der Waals surface area contributed by atoms with Crippen molar-refractivity contribution in [3.63, 3.8) is 0 Å². The van der Waals surface area contributed by atoms with E-state index in [0.717, 1.165) is 17.7 Å². The highest BCUT2D eigenvalue weighted by Gasteiger charge is 2.18. The number of nitro benzene ring substituents is 1. The molecule has 6 heteroatoms. The van der Waals surface area contributed by atoms with Crippen LogP contribution in [0.25, 0.3) is 0 Å². The standard InChI is InChI=1S/C12H13FN2O3/c1-8(2)7-14(3)12(16)9-4-5-11(15(17)18)10(13)6-9/h4-6H,1,7H2,2-3H3. The topological polar surface area (TPSA) is 63.5 Å². The maximum Gasteiger partial charge on any atom is 0.304 e. The summed E-state index contributed by atoms with van der Waals surface area (Å²) in [5.74, 6) is -1.43. The third-order valence-electron chi connectivity index (χ3n) is 2.25. The zero-order valence-electron chi connectivity index (χ0n) is 10.1. The molecule has 0 fully saturated rings. The first-order valence-electron chi connectivity index (χ1n) is 5.16. The van der Waals surface area contributed by atoms with Crippen molar-refractivity contribution >= 4 is 11.6 Å². The lowest BCUT2D eigenvalue weighted by molar-refractivity contribution is -0.387. The van der Waals surface area contributed by atoms with E-state index in [2.05, 4.69) is 6.58 Å². The Bertz CT molecular complexity index is 514. The summed E-state index contributed by atoms with van der Waals surface area (Å²) in [6.07, 6.45) is 0. The summed E-state index contributed by atoms with van der Waals surface area (Å²) in [4.78, 5) is 22.8. The summed E-state index contributed by atoms with van der Waals surface area (Å²) in [5, 5.41) is 10.4. The van der Waals surface area contributed by atoms with Crippen molar-refractivity contribution in [2.75, 3.05) is 13.6 Å². The van der Waals surface area contributed by atoms with Crippen molar-refractivity contribution in [2.24, 2.45) is 0 Å². The van der Waals surface area contributed by atoms with E-state index in [1.807, 2.05) is 0 Å². The number of carbonyl (C=O) groups excluding carboxylic acids is 1. The van der Waals surface area contributed by atoms with Crippen LogP contribution in [0.1, 0.15) is 17.3 Å². The van der Waals surface area contributed by atoms with E-state index in [4.69, 9.17) is 0 Å². The monoisotopic (exact) mass is 252 g/mol. The molecule has 0 saturated carbocycles. The summed E-state index contributed by atoms with van der Waals surface area (Å²) in [6.45, 7) is 5.78. The van der Waals surface area contributed by atoms with Crippen LogP contribution in [0, 0.1) is 15.9 Å². The highest BCUT2D eigenvalue weighted by atomic mass is 19.1. The second kappa shape index (κ2) is 5.39. The van der Waals surface area contributed by atoms with E-state index in [-0.39, 0.29) is 5.56 Å². The minimum Gasteiger partial charge on any atom is -0.338 e. The van der Waals surface area contributed by atoms with Gasteiger partial charge in [-0.25, -0.2) is 0 Å². The number of hydrogen-bond donors (Lipinski definition) is 0. The zero-order valence-corrected chi connectivity index (χ0v) is 10.1. The third kappa shape index (κ3) is 3.13. The van der Waals surface area contributed by atoms with Crippen LogP contribution >= 0.6 is 0 Å². The summed E-state index contributed by atoms with van der Waals surface area (Å²) in [7, 11) is 1.55. The lowest BCUT2D eigenvalue weighted by Gasteiger charge is -2.17. The molecule has 0 N–H and O–H groups in total. The van der Waals surface area contributed by atoms with Crippen molar-refractivity contribution < 1.29 is 14.1 Å². The van der Waals surface area contributed by atoms with Crippen molar-refractivity contribution in [1.29, 1.82) is 0 Å². The van der Waals surface area contributed by atoms with Gasteiger partial charge in [-0.2, -0.15) is 4.39 Å². The third-order valence-corrected chi connectivity index (χ3v) is 2.25. The van der Waals surface area contributed by atoms with Crippen LogP contribution in [0.5, 0.6) is 0 Å². The van der Waals surface area contributed by atoms with E-state index in [1.165, 1.54) is 11.0 Å². The predicted molar refractivity (Wildman–Crippen MR) is 64.8 cm³/mol. The molecule has 96 valence electrons. The molecule has 0 aliphatic heterocycles. The molecule has 18 heavy (non-hydrogen) atoms. The molecular weight excluding hydrogens is 239 g/mol. The molecule has 0 aliphatic carbocycles. The average molecular weight is 252 g/mol. The van der Waals surface area contributed by atoms with Crippen molar-refractivity contribution in [1.82, 2.24) is 4.90 Å².